The predicted octanol–water partition coefficient (Wildman–Crippen LogP) is 1.25. The molecule has 0 saturated carbocycles. The monoisotopic (exact) mass is 130 g/mol. The first-order chi connectivity index (χ1) is 4.33. The smallest absolute Gasteiger partial charge is 0.113 e. The molecule has 1 nitrogen and oxygen atoms in total. The van der Waals surface area contributed by atoms with Crippen molar-refractivity contribution in [3.63, 3.8) is 0 Å². The summed E-state index contributed by atoms with van der Waals surface area (Å²) in [5.74, 6) is 0. The summed E-state index contributed by atoms with van der Waals surface area (Å²) in [5.41, 5.74) is 0. The Kier molecular flexibility index (Phi) is 2.46. The topological polar surface area (TPSA) is 3.24 Å². The largest absolute Gasteiger partial charge is 0.300 e. The van der Waals surface area contributed by atoms with Crippen molar-refractivity contribution in [1.29, 1.82) is 0 Å². The van der Waals surface area contributed by atoms with Gasteiger partial charge in [0.1, 0.15) is 6.17 Å². The van der Waals surface area contributed by atoms with E-state index < -0.39 is 6.17 Å². The molecule has 0 aromatic heterocycles. The molecule has 1 atom stereocenters. The number of halogens is 1. The minimum Gasteiger partial charge on any atom is -0.300 e. The Bertz CT molecular complexity index is 85.0. The summed E-state index contributed by atoms with van der Waals surface area (Å²) in [6.07, 6.45) is 1.15. The Morgan fingerprint density at radius 1 is 1.67 bits per heavy atom. The summed E-state index contributed by atoms with van der Waals surface area (Å²) < 4.78 is 12.6. The van der Waals surface area contributed by atoms with Gasteiger partial charge in [0.2, 0.25) is 0 Å². The van der Waals surface area contributed by atoms with Crippen LogP contribution in [0.1, 0.15) is 12.8 Å². The number of alkyl halides is 1. The highest BCUT2D eigenvalue weighted by Crippen LogP contribution is 2.11. The Balaban J connectivity index is 2.23. The first kappa shape index (κ1) is 7.00. The van der Waals surface area contributed by atoms with E-state index in [1.807, 2.05) is 4.90 Å². The van der Waals surface area contributed by atoms with Crippen LogP contribution in [0.15, 0.2) is 0 Å². The Morgan fingerprint density at radius 3 is 2.89 bits per heavy atom. The van der Waals surface area contributed by atoms with Crippen LogP contribution in [-0.2, 0) is 0 Å². The lowest BCUT2D eigenvalue weighted by Crippen LogP contribution is -2.36. The summed E-state index contributed by atoms with van der Waals surface area (Å²) in [6, 6.07) is 0. The zero-order valence-electron chi connectivity index (χ0n) is 5.65. The first-order valence-electron chi connectivity index (χ1n) is 3.48. The van der Waals surface area contributed by atoms with E-state index >= 15 is 0 Å². The van der Waals surface area contributed by atoms with Crippen molar-refractivity contribution >= 4 is 0 Å². The van der Waals surface area contributed by atoms with E-state index in [9.17, 15) is 4.39 Å². The molecular weight excluding hydrogens is 117 g/mol. The van der Waals surface area contributed by atoms with Gasteiger partial charge in [-0.3, -0.25) is 0 Å². The molecule has 1 heterocycles. The van der Waals surface area contributed by atoms with E-state index in [4.69, 9.17) is 0 Å². The molecule has 0 aromatic carbocycles. The summed E-state index contributed by atoms with van der Waals surface area (Å²) in [4.78, 5) is 2.05. The first-order valence-corrected chi connectivity index (χ1v) is 3.48. The van der Waals surface area contributed by atoms with Crippen molar-refractivity contribution in [3.05, 3.63) is 6.92 Å². The van der Waals surface area contributed by atoms with Crippen molar-refractivity contribution in [1.82, 2.24) is 4.90 Å². The van der Waals surface area contributed by atoms with Crippen LogP contribution in [0.3, 0.4) is 0 Å². The molecule has 1 saturated heterocycles. The van der Waals surface area contributed by atoms with Gasteiger partial charge in [-0.15, -0.1) is 0 Å². The van der Waals surface area contributed by atoms with Gasteiger partial charge in [0.25, 0.3) is 0 Å². The predicted molar refractivity (Wildman–Crippen MR) is 35.9 cm³/mol. The molecule has 1 radical (unpaired) electrons. The summed E-state index contributed by atoms with van der Waals surface area (Å²) in [5, 5.41) is 0. The van der Waals surface area contributed by atoms with E-state index in [-0.39, 0.29) is 0 Å². The zero-order valence-corrected chi connectivity index (χ0v) is 5.65. The van der Waals surface area contributed by atoms with Gasteiger partial charge >= 0.3 is 0 Å². The number of likely N-dealkylation sites (tertiary alicyclic amines) is 1. The van der Waals surface area contributed by atoms with Crippen LogP contribution in [0.5, 0.6) is 0 Å². The lowest BCUT2D eigenvalue weighted by Gasteiger charge is -2.27. The van der Waals surface area contributed by atoms with Gasteiger partial charge in [-0.1, -0.05) is 0 Å². The van der Waals surface area contributed by atoms with Crippen molar-refractivity contribution in [3.8, 4) is 0 Å². The quantitative estimate of drug-likeness (QED) is 0.516. The lowest BCUT2D eigenvalue weighted by molar-refractivity contribution is 0.149. The van der Waals surface area contributed by atoms with Crippen molar-refractivity contribution in [2.24, 2.45) is 0 Å². The van der Waals surface area contributed by atoms with E-state index in [1.54, 1.807) is 0 Å². The zero-order chi connectivity index (χ0) is 6.69. The van der Waals surface area contributed by atoms with Gasteiger partial charge in [-0.05, 0) is 32.9 Å². The normalized spacial score (nSPS) is 30.7. The molecular formula is C7H13FN. The van der Waals surface area contributed by atoms with E-state index in [0.717, 1.165) is 25.9 Å². The van der Waals surface area contributed by atoms with Crippen molar-refractivity contribution in [2.75, 3.05) is 19.6 Å². The summed E-state index contributed by atoms with van der Waals surface area (Å²) in [6.45, 7) is 6.09. The maximum absolute atomic E-state index is 12.6. The highest BCUT2D eigenvalue weighted by Gasteiger charge is 2.16. The third-order valence-corrected chi connectivity index (χ3v) is 1.76. The molecule has 0 spiro atoms. The third-order valence-electron chi connectivity index (χ3n) is 1.76. The van der Waals surface area contributed by atoms with Crippen LogP contribution in [0.2, 0.25) is 0 Å². The molecule has 1 fully saturated rings. The molecule has 1 aliphatic rings. The molecule has 0 aromatic rings. The van der Waals surface area contributed by atoms with Gasteiger partial charge in [0.05, 0.1) is 0 Å². The van der Waals surface area contributed by atoms with E-state index in [2.05, 4.69) is 6.92 Å². The minimum atomic E-state index is -0.597. The van der Waals surface area contributed by atoms with Crippen LogP contribution < -0.4 is 0 Å². The highest BCUT2D eigenvalue weighted by molar-refractivity contribution is 4.71. The van der Waals surface area contributed by atoms with Gasteiger partial charge in [0, 0.05) is 6.54 Å². The van der Waals surface area contributed by atoms with Gasteiger partial charge in [-0.25, -0.2) is 4.39 Å². The molecule has 9 heavy (non-hydrogen) atoms. The molecule has 0 N–H and O–H groups in total. The third kappa shape index (κ3) is 1.94. The van der Waals surface area contributed by atoms with E-state index in [1.165, 1.54) is 0 Å². The fourth-order valence-corrected chi connectivity index (χ4v) is 1.20. The molecule has 0 amide bonds. The number of hydrogen-bond donors (Lipinski definition) is 0. The Labute approximate surface area is 55.8 Å². The van der Waals surface area contributed by atoms with Gasteiger partial charge in [-0.2, -0.15) is 0 Å². The number of piperidine rings is 1. The van der Waals surface area contributed by atoms with Crippen molar-refractivity contribution in [2.45, 2.75) is 19.0 Å². The number of hydrogen-bond acceptors (Lipinski definition) is 1. The minimum absolute atomic E-state index is 0.597. The van der Waals surface area contributed by atoms with Crippen LogP contribution >= 0.6 is 0 Å². The molecule has 1 rings (SSSR count). The second-order valence-electron chi connectivity index (χ2n) is 2.54. The molecule has 1 aliphatic heterocycles. The fraction of sp³-hybridized carbons (Fsp3) is 0.857. The van der Waals surface area contributed by atoms with Crippen molar-refractivity contribution < 1.29 is 4.39 Å². The van der Waals surface area contributed by atoms with Crippen LogP contribution in [0.4, 0.5) is 4.39 Å². The molecule has 0 aliphatic carbocycles. The average Bonchev–Trinajstić information content (AvgIpc) is 1.88. The van der Waals surface area contributed by atoms with Gasteiger partial charge in [0.15, 0.2) is 0 Å². The highest BCUT2D eigenvalue weighted by atomic mass is 19.1. The molecule has 53 valence electrons. The summed E-state index contributed by atoms with van der Waals surface area (Å²) in [7, 11) is 0. The van der Waals surface area contributed by atoms with Crippen LogP contribution in [0, 0.1) is 6.92 Å². The Hall–Kier alpha value is -0.110. The maximum atomic E-state index is 12.6. The van der Waals surface area contributed by atoms with Crippen LogP contribution in [0.25, 0.3) is 0 Å². The van der Waals surface area contributed by atoms with E-state index in [0.29, 0.717) is 6.54 Å². The SMILES string of the molecule is [CH2]CN1CCC[C@H](F)C1. The fourth-order valence-electron chi connectivity index (χ4n) is 1.20. The number of nitrogens with zero attached hydrogens (tertiary/aromatic N) is 1. The molecule has 2 heteroatoms. The molecule has 0 unspecified atom stereocenters. The second kappa shape index (κ2) is 3.16. The summed E-state index contributed by atoms with van der Waals surface area (Å²) >= 11 is 0. The average molecular weight is 130 g/mol. The Morgan fingerprint density at radius 2 is 2.44 bits per heavy atom. The molecule has 0 bridgehead atoms. The van der Waals surface area contributed by atoms with Gasteiger partial charge < -0.3 is 4.90 Å². The maximum Gasteiger partial charge on any atom is 0.113 e. The number of rotatable bonds is 1. The standard InChI is InChI=1S/C7H13FN/c1-2-9-5-3-4-7(8)6-9/h7H,1-6H2/t7-/m0/s1. The van der Waals surface area contributed by atoms with Crippen LogP contribution in [-0.4, -0.2) is 30.7 Å². The second-order valence-corrected chi connectivity index (χ2v) is 2.54. The lowest BCUT2D eigenvalue weighted by atomic mass is 10.1.